The maximum atomic E-state index is 6.30. The number of hydrogen-bond donors (Lipinski definition) is 0. The van der Waals surface area contributed by atoms with Crippen molar-refractivity contribution in [3.63, 3.8) is 0 Å². The molecule has 1 heterocycles. The molecule has 6 heteroatoms. The second-order valence-electron chi connectivity index (χ2n) is 4.77. The van der Waals surface area contributed by atoms with Crippen LogP contribution in [-0.2, 0) is 11.3 Å². The fourth-order valence-electron chi connectivity index (χ4n) is 2.01. The van der Waals surface area contributed by atoms with Gasteiger partial charge in [0.15, 0.2) is 0 Å². The first kappa shape index (κ1) is 15.6. The molecule has 0 unspecified atom stereocenters. The number of nitrogens with zero attached hydrogens (tertiary/aromatic N) is 3. The van der Waals surface area contributed by atoms with E-state index in [1.807, 2.05) is 36.4 Å². The molecule has 4 nitrogen and oxygen atoms in total. The highest BCUT2D eigenvalue weighted by atomic mass is 35.5. The predicted molar refractivity (Wildman–Crippen MR) is 91.9 cm³/mol. The van der Waals surface area contributed by atoms with E-state index in [0.717, 1.165) is 11.1 Å². The highest BCUT2D eigenvalue weighted by Gasteiger charge is 2.10. The molecule has 23 heavy (non-hydrogen) atoms. The third kappa shape index (κ3) is 4.12. The fourth-order valence-corrected chi connectivity index (χ4v) is 2.51. The zero-order valence-electron chi connectivity index (χ0n) is 12.1. The van der Waals surface area contributed by atoms with Crippen molar-refractivity contribution < 1.29 is 4.74 Å². The van der Waals surface area contributed by atoms with Gasteiger partial charge in [-0.2, -0.15) is 5.10 Å². The fraction of sp³-hybridized carbons (Fsp3) is 0.0588. The molecule has 0 fully saturated rings. The van der Waals surface area contributed by atoms with Crippen LogP contribution < -0.4 is 0 Å². The summed E-state index contributed by atoms with van der Waals surface area (Å²) in [5.74, 6) is 0.584. The Morgan fingerprint density at radius 1 is 1.13 bits per heavy atom. The summed E-state index contributed by atoms with van der Waals surface area (Å²) in [6, 6.07) is 15.2. The van der Waals surface area contributed by atoms with Crippen LogP contribution in [0.5, 0.6) is 0 Å². The molecule has 0 saturated carbocycles. The summed E-state index contributed by atoms with van der Waals surface area (Å²) in [5, 5.41) is 5.15. The molecule has 0 amide bonds. The van der Waals surface area contributed by atoms with E-state index in [1.54, 1.807) is 29.3 Å². The smallest absolute Gasteiger partial charge is 0.146 e. The molecular weight excluding hydrogens is 333 g/mol. The van der Waals surface area contributed by atoms with Crippen LogP contribution in [0, 0.1) is 0 Å². The van der Waals surface area contributed by atoms with Crippen molar-refractivity contribution >= 4 is 35.2 Å². The second kappa shape index (κ2) is 7.31. The first-order valence-electron chi connectivity index (χ1n) is 6.90. The van der Waals surface area contributed by atoms with Crippen LogP contribution in [0.15, 0.2) is 61.2 Å². The van der Waals surface area contributed by atoms with Gasteiger partial charge in [0.2, 0.25) is 0 Å². The van der Waals surface area contributed by atoms with E-state index in [1.165, 1.54) is 6.33 Å². The number of benzene rings is 2. The Labute approximate surface area is 143 Å². The molecule has 0 N–H and O–H groups in total. The van der Waals surface area contributed by atoms with Gasteiger partial charge < -0.3 is 4.74 Å². The monoisotopic (exact) mass is 345 g/mol. The van der Waals surface area contributed by atoms with Gasteiger partial charge in [-0.25, -0.2) is 9.67 Å². The van der Waals surface area contributed by atoms with Gasteiger partial charge in [0, 0.05) is 10.6 Å². The third-order valence-corrected chi connectivity index (χ3v) is 3.67. The van der Waals surface area contributed by atoms with Crippen molar-refractivity contribution in [2.75, 3.05) is 0 Å². The lowest BCUT2D eigenvalue weighted by Crippen LogP contribution is -1.98. The summed E-state index contributed by atoms with van der Waals surface area (Å²) in [6.45, 7) is 0.417. The summed E-state index contributed by atoms with van der Waals surface area (Å²) in [7, 11) is 0. The quantitative estimate of drug-likeness (QED) is 0.626. The number of rotatable bonds is 5. The van der Waals surface area contributed by atoms with Crippen molar-refractivity contribution in [3.8, 4) is 0 Å². The summed E-state index contributed by atoms with van der Waals surface area (Å²) in [4.78, 5) is 3.92. The molecule has 0 aliphatic carbocycles. The van der Waals surface area contributed by atoms with Crippen LogP contribution >= 0.6 is 23.2 Å². The van der Waals surface area contributed by atoms with E-state index >= 15 is 0 Å². The Balaban J connectivity index is 1.90. The van der Waals surface area contributed by atoms with Gasteiger partial charge in [0.1, 0.15) is 25.0 Å². The number of aromatic nitrogens is 3. The Morgan fingerprint density at radius 3 is 2.65 bits per heavy atom. The molecule has 0 aliphatic heterocycles. The summed E-state index contributed by atoms with van der Waals surface area (Å²) < 4.78 is 7.51. The zero-order chi connectivity index (χ0) is 16.1. The van der Waals surface area contributed by atoms with Crippen molar-refractivity contribution in [2.24, 2.45) is 0 Å². The van der Waals surface area contributed by atoms with Crippen LogP contribution in [0.1, 0.15) is 11.1 Å². The van der Waals surface area contributed by atoms with Crippen LogP contribution in [0.4, 0.5) is 0 Å². The molecule has 2 aromatic carbocycles. The number of ether oxygens (including phenoxy) is 1. The standard InChI is InChI=1S/C17H13Cl2N3O/c18-14-6-7-15(16(19)8-14)17(9-22-12-20-11-21-22)23-10-13-4-2-1-3-5-13/h1-9,11-12H,10H2/b17-9-. The van der Waals surface area contributed by atoms with E-state index in [9.17, 15) is 0 Å². The lowest BCUT2D eigenvalue weighted by atomic mass is 10.2. The van der Waals surface area contributed by atoms with E-state index < -0.39 is 0 Å². The maximum Gasteiger partial charge on any atom is 0.146 e. The predicted octanol–water partition coefficient (Wildman–Crippen LogP) is 4.76. The minimum atomic E-state index is 0.417. The maximum absolute atomic E-state index is 6.30. The van der Waals surface area contributed by atoms with Gasteiger partial charge in [-0.1, -0.05) is 53.5 Å². The lowest BCUT2D eigenvalue weighted by Gasteiger charge is -2.12. The molecule has 0 bridgehead atoms. The average molecular weight is 346 g/mol. The molecule has 1 aromatic heterocycles. The zero-order valence-corrected chi connectivity index (χ0v) is 13.6. The normalized spacial score (nSPS) is 11.5. The van der Waals surface area contributed by atoms with E-state index in [0.29, 0.717) is 22.4 Å². The summed E-state index contributed by atoms with van der Waals surface area (Å²) in [5.41, 5.74) is 1.80. The minimum absolute atomic E-state index is 0.417. The SMILES string of the molecule is Clc1ccc(/C(=C/n2cncn2)OCc2ccccc2)c(Cl)c1. The van der Waals surface area contributed by atoms with Crippen molar-refractivity contribution in [1.82, 2.24) is 14.8 Å². The molecule has 0 aliphatic rings. The van der Waals surface area contributed by atoms with Gasteiger partial charge in [0.05, 0.1) is 11.2 Å². The Hall–Kier alpha value is -2.30. The third-order valence-electron chi connectivity index (χ3n) is 3.12. The van der Waals surface area contributed by atoms with Crippen molar-refractivity contribution in [3.05, 3.63) is 82.4 Å². The molecule has 0 radical (unpaired) electrons. The van der Waals surface area contributed by atoms with Crippen LogP contribution in [0.3, 0.4) is 0 Å². The molecule has 3 rings (SSSR count). The molecule has 3 aromatic rings. The minimum Gasteiger partial charge on any atom is -0.487 e. The van der Waals surface area contributed by atoms with Gasteiger partial charge in [-0.3, -0.25) is 0 Å². The first-order valence-corrected chi connectivity index (χ1v) is 7.66. The Morgan fingerprint density at radius 2 is 1.96 bits per heavy atom. The summed E-state index contributed by atoms with van der Waals surface area (Å²) >= 11 is 12.3. The number of halogens is 2. The topological polar surface area (TPSA) is 39.9 Å². The average Bonchev–Trinajstić information content (AvgIpc) is 3.06. The summed E-state index contributed by atoms with van der Waals surface area (Å²) in [6.07, 6.45) is 4.76. The molecular formula is C17H13Cl2N3O. The Kier molecular flexibility index (Phi) is 4.95. The van der Waals surface area contributed by atoms with Crippen molar-refractivity contribution in [2.45, 2.75) is 6.61 Å². The first-order chi connectivity index (χ1) is 11.2. The molecule has 0 atom stereocenters. The van der Waals surface area contributed by atoms with Gasteiger partial charge in [-0.05, 0) is 23.8 Å². The van der Waals surface area contributed by atoms with Gasteiger partial charge in [-0.15, -0.1) is 0 Å². The van der Waals surface area contributed by atoms with Crippen LogP contribution in [0.2, 0.25) is 10.0 Å². The number of hydrogen-bond acceptors (Lipinski definition) is 3. The van der Waals surface area contributed by atoms with E-state index in [4.69, 9.17) is 27.9 Å². The van der Waals surface area contributed by atoms with Crippen LogP contribution in [0.25, 0.3) is 12.0 Å². The van der Waals surface area contributed by atoms with Crippen LogP contribution in [-0.4, -0.2) is 14.8 Å². The largest absolute Gasteiger partial charge is 0.487 e. The molecule has 116 valence electrons. The highest BCUT2D eigenvalue weighted by Crippen LogP contribution is 2.29. The van der Waals surface area contributed by atoms with E-state index in [-0.39, 0.29) is 0 Å². The molecule has 0 saturated heterocycles. The molecule has 0 spiro atoms. The van der Waals surface area contributed by atoms with Crippen molar-refractivity contribution in [1.29, 1.82) is 0 Å². The van der Waals surface area contributed by atoms with E-state index in [2.05, 4.69) is 10.1 Å². The van der Waals surface area contributed by atoms with Gasteiger partial charge in [0.25, 0.3) is 0 Å². The highest BCUT2D eigenvalue weighted by molar-refractivity contribution is 6.35. The Bertz CT molecular complexity index is 802. The lowest BCUT2D eigenvalue weighted by molar-refractivity contribution is 0.265. The van der Waals surface area contributed by atoms with Gasteiger partial charge >= 0.3 is 0 Å². The second-order valence-corrected chi connectivity index (χ2v) is 5.61.